The molecule has 0 atom stereocenters. The third-order valence-corrected chi connectivity index (χ3v) is 4.15. The lowest BCUT2D eigenvalue weighted by Crippen LogP contribution is -2.15. The van der Waals surface area contributed by atoms with Crippen molar-refractivity contribution in [3.63, 3.8) is 0 Å². The van der Waals surface area contributed by atoms with Crippen molar-refractivity contribution < 1.29 is 13.9 Å². The summed E-state index contributed by atoms with van der Waals surface area (Å²) in [5, 5.41) is 6.28. The smallest absolute Gasteiger partial charge is 0.274 e. The Kier molecular flexibility index (Phi) is 5.52. The SMILES string of the molecule is COc1cc(Cl)c(C)cc1NC(=O)c1cc(Nc2ccc(F)cc2)ncn1. The molecule has 0 aliphatic carbocycles. The minimum Gasteiger partial charge on any atom is -0.495 e. The Balaban J connectivity index is 1.79. The molecule has 0 aliphatic rings. The van der Waals surface area contributed by atoms with Gasteiger partial charge in [0.1, 0.15) is 29.4 Å². The Labute approximate surface area is 160 Å². The van der Waals surface area contributed by atoms with Crippen LogP contribution in [0, 0.1) is 12.7 Å². The van der Waals surface area contributed by atoms with E-state index in [0.29, 0.717) is 28.0 Å². The molecule has 8 heteroatoms. The summed E-state index contributed by atoms with van der Waals surface area (Å²) in [4.78, 5) is 20.6. The highest BCUT2D eigenvalue weighted by atomic mass is 35.5. The molecule has 1 amide bonds. The number of nitrogens with zero attached hydrogens (tertiary/aromatic N) is 2. The number of carbonyl (C=O) groups is 1. The van der Waals surface area contributed by atoms with Gasteiger partial charge in [-0.2, -0.15) is 0 Å². The summed E-state index contributed by atoms with van der Waals surface area (Å²) in [7, 11) is 1.49. The normalized spacial score (nSPS) is 10.4. The van der Waals surface area contributed by atoms with Gasteiger partial charge >= 0.3 is 0 Å². The average molecular weight is 387 g/mol. The molecule has 3 rings (SSSR count). The first kappa shape index (κ1) is 18.6. The van der Waals surface area contributed by atoms with Crippen LogP contribution in [0.15, 0.2) is 48.8 Å². The van der Waals surface area contributed by atoms with E-state index in [9.17, 15) is 9.18 Å². The molecule has 138 valence electrons. The molecule has 0 fully saturated rings. The number of aromatic nitrogens is 2. The number of anilines is 3. The number of methoxy groups -OCH3 is 1. The first-order valence-corrected chi connectivity index (χ1v) is 8.34. The Bertz CT molecular complexity index is 980. The van der Waals surface area contributed by atoms with Crippen molar-refractivity contribution in [1.29, 1.82) is 0 Å². The predicted molar refractivity (Wildman–Crippen MR) is 102 cm³/mol. The summed E-state index contributed by atoms with van der Waals surface area (Å²) in [6.45, 7) is 1.83. The highest BCUT2D eigenvalue weighted by molar-refractivity contribution is 6.31. The fourth-order valence-corrected chi connectivity index (χ4v) is 2.50. The number of hydrogen-bond donors (Lipinski definition) is 2. The second-order valence-corrected chi connectivity index (χ2v) is 6.08. The van der Waals surface area contributed by atoms with E-state index >= 15 is 0 Å². The van der Waals surface area contributed by atoms with Gasteiger partial charge in [0.25, 0.3) is 5.91 Å². The standard InChI is InChI=1S/C19H16ClFN4O2/c1-11-7-15(17(27-2)8-14(11)20)25-19(26)16-9-18(23-10-22-16)24-13-5-3-12(21)4-6-13/h3-10H,1-2H3,(H,25,26)(H,22,23,24). The molecule has 1 aromatic heterocycles. The van der Waals surface area contributed by atoms with Crippen LogP contribution in [0.3, 0.4) is 0 Å². The molecular formula is C19H16ClFN4O2. The molecule has 0 bridgehead atoms. The number of amides is 1. The van der Waals surface area contributed by atoms with Crippen LogP contribution in [0.25, 0.3) is 0 Å². The maximum atomic E-state index is 13.0. The van der Waals surface area contributed by atoms with Gasteiger partial charge < -0.3 is 15.4 Å². The van der Waals surface area contributed by atoms with E-state index in [1.54, 1.807) is 24.3 Å². The zero-order valence-electron chi connectivity index (χ0n) is 14.6. The molecule has 0 aliphatic heterocycles. The fraction of sp³-hybridized carbons (Fsp3) is 0.105. The van der Waals surface area contributed by atoms with Gasteiger partial charge in [-0.1, -0.05) is 11.6 Å². The van der Waals surface area contributed by atoms with Crippen molar-refractivity contribution in [3.05, 3.63) is 70.9 Å². The monoisotopic (exact) mass is 386 g/mol. The van der Waals surface area contributed by atoms with Crippen LogP contribution < -0.4 is 15.4 Å². The maximum Gasteiger partial charge on any atom is 0.274 e. The quantitative estimate of drug-likeness (QED) is 0.671. The number of carbonyl (C=O) groups excluding carboxylic acids is 1. The van der Waals surface area contributed by atoms with E-state index in [2.05, 4.69) is 20.6 Å². The predicted octanol–water partition coefficient (Wildman–Crippen LogP) is 4.58. The van der Waals surface area contributed by atoms with Gasteiger partial charge in [-0.25, -0.2) is 14.4 Å². The van der Waals surface area contributed by atoms with E-state index in [1.807, 2.05) is 6.92 Å². The fourth-order valence-electron chi connectivity index (χ4n) is 2.35. The Morgan fingerprint density at radius 3 is 2.59 bits per heavy atom. The highest BCUT2D eigenvalue weighted by Crippen LogP contribution is 2.31. The lowest BCUT2D eigenvalue weighted by Gasteiger charge is -2.12. The lowest BCUT2D eigenvalue weighted by molar-refractivity contribution is 0.102. The molecule has 0 radical (unpaired) electrons. The highest BCUT2D eigenvalue weighted by Gasteiger charge is 2.14. The van der Waals surface area contributed by atoms with E-state index in [-0.39, 0.29) is 11.5 Å². The zero-order valence-corrected chi connectivity index (χ0v) is 15.3. The number of ether oxygens (including phenoxy) is 1. The molecule has 27 heavy (non-hydrogen) atoms. The number of aryl methyl sites for hydroxylation is 1. The molecule has 1 heterocycles. The van der Waals surface area contributed by atoms with Crippen molar-refractivity contribution in [2.45, 2.75) is 6.92 Å². The van der Waals surface area contributed by atoms with Crippen LogP contribution >= 0.6 is 11.6 Å². The van der Waals surface area contributed by atoms with Crippen LogP contribution in [-0.4, -0.2) is 23.0 Å². The molecule has 0 unspecified atom stereocenters. The van der Waals surface area contributed by atoms with Crippen molar-refractivity contribution in [1.82, 2.24) is 9.97 Å². The second-order valence-electron chi connectivity index (χ2n) is 5.68. The average Bonchev–Trinajstić information content (AvgIpc) is 2.66. The van der Waals surface area contributed by atoms with Gasteiger partial charge in [0.2, 0.25) is 0 Å². The zero-order chi connectivity index (χ0) is 19.4. The van der Waals surface area contributed by atoms with Crippen LogP contribution in [-0.2, 0) is 0 Å². The molecule has 2 N–H and O–H groups in total. The van der Waals surface area contributed by atoms with Crippen LogP contribution in [0.5, 0.6) is 5.75 Å². The van der Waals surface area contributed by atoms with Crippen LogP contribution in [0.4, 0.5) is 21.6 Å². The molecule has 3 aromatic rings. The number of hydrogen-bond acceptors (Lipinski definition) is 5. The lowest BCUT2D eigenvalue weighted by atomic mass is 10.2. The summed E-state index contributed by atoms with van der Waals surface area (Å²) < 4.78 is 18.2. The third kappa shape index (κ3) is 4.51. The van der Waals surface area contributed by atoms with E-state index in [1.165, 1.54) is 31.6 Å². The number of nitrogens with one attached hydrogen (secondary N) is 2. The Morgan fingerprint density at radius 1 is 1.15 bits per heavy atom. The molecule has 2 aromatic carbocycles. The topological polar surface area (TPSA) is 76.1 Å². The maximum absolute atomic E-state index is 13.0. The molecule has 0 spiro atoms. The van der Waals surface area contributed by atoms with Gasteiger partial charge in [0, 0.05) is 22.8 Å². The minimum atomic E-state index is -0.431. The summed E-state index contributed by atoms with van der Waals surface area (Å²) in [6, 6.07) is 10.6. The van der Waals surface area contributed by atoms with Gasteiger partial charge in [-0.15, -0.1) is 0 Å². The Hall–Kier alpha value is -3.19. The van der Waals surface area contributed by atoms with Gasteiger partial charge in [0.05, 0.1) is 12.8 Å². The first-order valence-electron chi connectivity index (χ1n) is 7.96. The van der Waals surface area contributed by atoms with Gasteiger partial charge in [0.15, 0.2) is 0 Å². The van der Waals surface area contributed by atoms with E-state index in [4.69, 9.17) is 16.3 Å². The minimum absolute atomic E-state index is 0.157. The van der Waals surface area contributed by atoms with Gasteiger partial charge in [-0.05, 0) is 42.8 Å². The summed E-state index contributed by atoms with van der Waals surface area (Å²) in [5.41, 5.74) is 2.07. The summed E-state index contributed by atoms with van der Waals surface area (Å²) in [6.07, 6.45) is 1.27. The summed E-state index contributed by atoms with van der Waals surface area (Å²) in [5.74, 6) is 0.0776. The number of benzene rings is 2. The number of rotatable bonds is 5. The largest absolute Gasteiger partial charge is 0.495 e. The molecule has 0 saturated carbocycles. The van der Waals surface area contributed by atoms with Crippen molar-refractivity contribution in [2.24, 2.45) is 0 Å². The van der Waals surface area contributed by atoms with Crippen molar-refractivity contribution >= 4 is 34.7 Å². The molecule has 6 nitrogen and oxygen atoms in total. The van der Waals surface area contributed by atoms with E-state index < -0.39 is 5.91 Å². The van der Waals surface area contributed by atoms with Gasteiger partial charge in [-0.3, -0.25) is 4.79 Å². The molecular weight excluding hydrogens is 371 g/mol. The van der Waals surface area contributed by atoms with Crippen molar-refractivity contribution in [3.8, 4) is 5.75 Å². The summed E-state index contributed by atoms with van der Waals surface area (Å²) >= 11 is 6.08. The third-order valence-electron chi connectivity index (χ3n) is 3.75. The Morgan fingerprint density at radius 2 is 1.89 bits per heavy atom. The first-order chi connectivity index (χ1) is 13.0. The van der Waals surface area contributed by atoms with E-state index in [0.717, 1.165) is 5.56 Å². The van der Waals surface area contributed by atoms with Crippen molar-refractivity contribution in [2.75, 3.05) is 17.7 Å². The molecule has 0 saturated heterocycles. The van der Waals surface area contributed by atoms with Crippen LogP contribution in [0.2, 0.25) is 5.02 Å². The number of halogens is 2. The second kappa shape index (κ2) is 8.01. The van der Waals surface area contributed by atoms with Crippen LogP contribution in [0.1, 0.15) is 16.1 Å².